The minimum absolute atomic E-state index is 0.0304. The molecule has 0 unspecified atom stereocenters. The van der Waals surface area contributed by atoms with Crippen molar-refractivity contribution in [3.63, 3.8) is 0 Å². The standard InChI is InChI=1S/C15H25N3O/c1-13-8-17-10-14(2,12(13)19)11-18(9-13)15(17)4-6-16(3)7-5-15/h4-11H2,1-3H3/p+3. The van der Waals surface area contributed by atoms with Crippen molar-refractivity contribution in [3.05, 3.63) is 0 Å². The van der Waals surface area contributed by atoms with Crippen LogP contribution in [0.4, 0.5) is 0 Å². The second-order valence-electron chi connectivity index (χ2n) is 8.40. The van der Waals surface area contributed by atoms with Gasteiger partial charge in [-0.2, -0.15) is 0 Å². The molecular formula is C15H28N3O+3. The number of carbonyl (C=O) groups excluding carboxylic acids is 1. The van der Waals surface area contributed by atoms with E-state index in [9.17, 15) is 4.79 Å². The molecule has 0 saturated carbocycles. The summed E-state index contributed by atoms with van der Waals surface area (Å²) in [5.74, 6) is 0.570. The third-order valence-corrected chi connectivity index (χ3v) is 6.82. The monoisotopic (exact) mass is 266 g/mol. The lowest BCUT2D eigenvalue weighted by molar-refractivity contribution is -1.21. The van der Waals surface area contributed by atoms with Gasteiger partial charge in [0.1, 0.15) is 23.7 Å². The van der Waals surface area contributed by atoms with Crippen LogP contribution in [0, 0.1) is 10.8 Å². The van der Waals surface area contributed by atoms with E-state index >= 15 is 0 Å². The Bertz CT molecular complexity index is 397. The molecule has 4 nitrogen and oxygen atoms in total. The average molecular weight is 266 g/mol. The third kappa shape index (κ3) is 1.38. The first-order valence-electron chi connectivity index (χ1n) is 7.95. The van der Waals surface area contributed by atoms with Crippen LogP contribution in [0.1, 0.15) is 26.7 Å². The molecule has 0 aromatic rings. The van der Waals surface area contributed by atoms with Gasteiger partial charge < -0.3 is 4.90 Å². The SMILES string of the molecule is C[NH+]1CCC2(CC1)[NH+]1CC3(C)C[NH+]2CC(C)(C1)C3=O. The summed E-state index contributed by atoms with van der Waals surface area (Å²) in [6.07, 6.45) is 2.70. The fourth-order valence-electron chi connectivity index (χ4n) is 5.92. The van der Waals surface area contributed by atoms with E-state index in [1.165, 1.54) is 25.9 Å². The van der Waals surface area contributed by atoms with E-state index in [0.717, 1.165) is 26.2 Å². The Hall–Kier alpha value is -0.450. The van der Waals surface area contributed by atoms with Crippen LogP contribution in [-0.4, -0.2) is 57.8 Å². The van der Waals surface area contributed by atoms with E-state index in [-0.39, 0.29) is 10.8 Å². The zero-order valence-corrected chi connectivity index (χ0v) is 12.6. The van der Waals surface area contributed by atoms with Crippen LogP contribution >= 0.6 is 0 Å². The molecule has 5 aliphatic rings. The van der Waals surface area contributed by atoms with Gasteiger partial charge in [-0.15, -0.1) is 0 Å². The second kappa shape index (κ2) is 3.41. The maximum Gasteiger partial charge on any atom is 0.233 e. The Labute approximate surface area is 115 Å². The van der Waals surface area contributed by atoms with Gasteiger partial charge in [0.2, 0.25) is 5.66 Å². The van der Waals surface area contributed by atoms with E-state index in [1.807, 2.05) is 0 Å². The highest BCUT2D eigenvalue weighted by Crippen LogP contribution is 2.36. The van der Waals surface area contributed by atoms with Crippen LogP contribution in [0.5, 0.6) is 0 Å². The molecule has 5 saturated heterocycles. The highest BCUT2D eigenvalue weighted by atomic mass is 16.1. The summed E-state index contributed by atoms with van der Waals surface area (Å²) in [4.78, 5) is 17.9. The maximum absolute atomic E-state index is 12.7. The number of Topliss-reactive ketones (excluding diaryl/α,β-unsaturated/α-hetero) is 1. The number of piperidine rings is 3. The van der Waals surface area contributed by atoms with Crippen molar-refractivity contribution >= 4 is 5.78 Å². The van der Waals surface area contributed by atoms with Crippen molar-refractivity contribution in [2.45, 2.75) is 32.4 Å². The number of quaternary nitrogens is 3. The largest absolute Gasteiger partial charge is 0.337 e. The Morgan fingerprint density at radius 3 is 1.74 bits per heavy atom. The fraction of sp³-hybridized carbons (Fsp3) is 0.933. The van der Waals surface area contributed by atoms with Crippen LogP contribution in [-0.2, 0) is 4.79 Å². The molecule has 0 amide bonds. The average Bonchev–Trinajstić information content (AvgIpc) is 2.33. The van der Waals surface area contributed by atoms with Gasteiger partial charge in [-0.1, -0.05) is 0 Å². The van der Waals surface area contributed by atoms with Crippen molar-refractivity contribution in [3.8, 4) is 0 Å². The molecule has 4 bridgehead atoms. The van der Waals surface area contributed by atoms with Gasteiger partial charge in [0, 0.05) is 0 Å². The quantitative estimate of drug-likeness (QED) is 0.415. The highest BCUT2D eigenvalue weighted by molar-refractivity contribution is 5.91. The minimum atomic E-state index is -0.0304. The van der Waals surface area contributed by atoms with Crippen molar-refractivity contribution in [2.24, 2.45) is 10.8 Å². The summed E-state index contributed by atoms with van der Waals surface area (Å²) >= 11 is 0. The van der Waals surface area contributed by atoms with Crippen molar-refractivity contribution in [2.75, 3.05) is 46.3 Å². The molecule has 0 radical (unpaired) electrons. The number of carbonyl (C=O) groups is 1. The lowest BCUT2D eigenvalue weighted by atomic mass is 9.59. The van der Waals surface area contributed by atoms with Gasteiger partial charge in [-0.25, -0.2) is 0 Å². The molecule has 0 aliphatic carbocycles. The highest BCUT2D eigenvalue weighted by Gasteiger charge is 2.73. The summed E-state index contributed by atoms with van der Waals surface area (Å²) in [5, 5.41) is 0. The first-order chi connectivity index (χ1) is 8.88. The maximum atomic E-state index is 12.7. The molecule has 5 aliphatic heterocycles. The summed E-state index contributed by atoms with van der Waals surface area (Å²) < 4.78 is 0. The molecular weight excluding hydrogens is 238 g/mol. The van der Waals surface area contributed by atoms with E-state index in [4.69, 9.17) is 0 Å². The molecule has 0 aromatic carbocycles. The van der Waals surface area contributed by atoms with Crippen molar-refractivity contribution < 1.29 is 19.5 Å². The zero-order chi connectivity index (χ0) is 13.5. The summed E-state index contributed by atoms with van der Waals surface area (Å²) in [6, 6.07) is 0. The molecule has 5 heterocycles. The van der Waals surface area contributed by atoms with Gasteiger partial charge in [0.15, 0.2) is 5.78 Å². The molecule has 3 N–H and O–H groups in total. The summed E-state index contributed by atoms with van der Waals surface area (Å²) in [7, 11) is 2.32. The Morgan fingerprint density at radius 2 is 1.32 bits per heavy atom. The van der Waals surface area contributed by atoms with E-state index in [1.54, 1.807) is 14.7 Å². The second-order valence-corrected chi connectivity index (χ2v) is 8.40. The van der Waals surface area contributed by atoms with Gasteiger partial charge in [-0.05, 0) is 13.8 Å². The topological polar surface area (TPSA) is 30.4 Å². The summed E-state index contributed by atoms with van der Waals surface area (Å²) in [5.41, 5.74) is 0.397. The van der Waals surface area contributed by atoms with Crippen LogP contribution in [0.3, 0.4) is 0 Å². The van der Waals surface area contributed by atoms with Gasteiger partial charge in [0.05, 0.1) is 46.3 Å². The zero-order valence-electron chi connectivity index (χ0n) is 12.6. The van der Waals surface area contributed by atoms with Crippen LogP contribution in [0.25, 0.3) is 0 Å². The Kier molecular flexibility index (Phi) is 2.21. The first-order valence-corrected chi connectivity index (χ1v) is 7.95. The first kappa shape index (κ1) is 12.3. The molecule has 106 valence electrons. The lowest BCUT2D eigenvalue weighted by Crippen LogP contribution is -3.50. The summed E-state index contributed by atoms with van der Waals surface area (Å²) in [6.45, 7) is 11.5. The van der Waals surface area contributed by atoms with Crippen LogP contribution < -0.4 is 14.7 Å². The molecule has 4 heteroatoms. The van der Waals surface area contributed by atoms with Crippen LogP contribution in [0.2, 0.25) is 0 Å². The van der Waals surface area contributed by atoms with E-state index in [2.05, 4.69) is 20.9 Å². The van der Waals surface area contributed by atoms with Crippen LogP contribution in [0.15, 0.2) is 0 Å². The Morgan fingerprint density at radius 1 is 0.895 bits per heavy atom. The number of nitrogens with one attached hydrogen (secondary N) is 3. The normalized spacial score (nSPS) is 59.9. The third-order valence-electron chi connectivity index (χ3n) is 6.82. The van der Waals surface area contributed by atoms with Gasteiger partial charge in [-0.3, -0.25) is 14.6 Å². The lowest BCUT2D eigenvalue weighted by Gasteiger charge is -2.64. The Balaban J connectivity index is 1.72. The fourth-order valence-corrected chi connectivity index (χ4v) is 5.92. The molecule has 1 spiro atoms. The van der Waals surface area contributed by atoms with Gasteiger partial charge >= 0.3 is 0 Å². The molecule has 5 rings (SSSR count). The molecule has 0 aromatic heterocycles. The minimum Gasteiger partial charge on any atom is -0.337 e. The number of ketones is 1. The molecule has 5 fully saturated rings. The van der Waals surface area contributed by atoms with Crippen molar-refractivity contribution in [1.29, 1.82) is 0 Å². The number of hydrogen-bond donors (Lipinski definition) is 3. The smallest absolute Gasteiger partial charge is 0.233 e. The number of rotatable bonds is 0. The molecule has 19 heavy (non-hydrogen) atoms. The molecule has 0 atom stereocenters. The van der Waals surface area contributed by atoms with E-state index in [0.29, 0.717) is 11.4 Å². The number of likely N-dealkylation sites (tertiary alicyclic amines) is 1. The van der Waals surface area contributed by atoms with Gasteiger partial charge in [0.25, 0.3) is 0 Å². The predicted molar refractivity (Wildman–Crippen MR) is 71.2 cm³/mol. The van der Waals surface area contributed by atoms with E-state index < -0.39 is 0 Å². The van der Waals surface area contributed by atoms with Crippen molar-refractivity contribution in [1.82, 2.24) is 0 Å². The predicted octanol–water partition coefficient (Wildman–Crippen LogP) is -3.62. The number of hydrogen-bond acceptors (Lipinski definition) is 1.